The standard InChI is InChI=1S/C11H10O/c1-6-2-3-8-7-4-9(11(6)8)10(12)5-7/h2-3,5-6,12H,4H2,1H3. The second kappa shape index (κ2) is 1.74. The Balaban J connectivity index is 2.26. The minimum absolute atomic E-state index is 0.499. The van der Waals surface area contributed by atoms with Gasteiger partial charge < -0.3 is 5.11 Å². The van der Waals surface area contributed by atoms with E-state index in [9.17, 15) is 5.11 Å². The molecular formula is C11H10O. The molecule has 2 bridgehead atoms. The van der Waals surface area contributed by atoms with E-state index >= 15 is 0 Å². The van der Waals surface area contributed by atoms with Crippen LogP contribution in [0.2, 0.25) is 0 Å². The minimum Gasteiger partial charge on any atom is -0.508 e. The van der Waals surface area contributed by atoms with E-state index < -0.39 is 0 Å². The molecule has 3 aliphatic rings. The van der Waals surface area contributed by atoms with E-state index in [-0.39, 0.29) is 0 Å². The van der Waals surface area contributed by atoms with Crippen LogP contribution in [-0.4, -0.2) is 5.11 Å². The van der Waals surface area contributed by atoms with Crippen molar-refractivity contribution in [2.45, 2.75) is 13.3 Å². The Hall–Kier alpha value is -1.24. The van der Waals surface area contributed by atoms with Gasteiger partial charge in [-0.2, -0.15) is 0 Å². The van der Waals surface area contributed by atoms with Gasteiger partial charge in [-0.15, -0.1) is 0 Å². The molecule has 3 aliphatic carbocycles. The van der Waals surface area contributed by atoms with E-state index in [0.29, 0.717) is 11.7 Å². The molecule has 0 aliphatic heterocycles. The molecular weight excluding hydrogens is 148 g/mol. The maximum absolute atomic E-state index is 9.53. The lowest BCUT2D eigenvalue weighted by molar-refractivity contribution is 0.427. The summed E-state index contributed by atoms with van der Waals surface area (Å²) in [5, 5.41) is 9.53. The van der Waals surface area contributed by atoms with E-state index in [1.807, 2.05) is 6.08 Å². The molecule has 0 aromatic rings. The first kappa shape index (κ1) is 6.30. The third-order valence-corrected chi connectivity index (χ3v) is 2.96. The number of rotatable bonds is 0. The maximum atomic E-state index is 9.53. The third-order valence-electron chi connectivity index (χ3n) is 2.96. The Morgan fingerprint density at radius 2 is 2.33 bits per heavy atom. The third kappa shape index (κ3) is 0.523. The monoisotopic (exact) mass is 158 g/mol. The number of aliphatic hydroxyl groups is 1. The molecule has 0 radical (unpaired) electrons. The van der Waals surface area contributed by atoms with Crippen molar-refractivity contribution in [1.82, 2.24) is 0 Å². The first-order valence-corrected chi connectivity index (χ1v) is 4.33. The maximum Gasteiger partial charge on any atom is 0.119 e. The topological polar surface area (TPSA) is 20.2 Å². The molecule has 1 N–H and O–H groups in total. The van der Waals surface area contributed by atoms with Crippen molar-refractivity contribution in [2.75, 3.05) is 0 Å². The van der Waals surface area contributed by atoms with E-state index in [1.165, 1.54) is 16.7 Å². The van der Waals surface area contributed by atoms with Crippen molar-refractivity contribution in [1.29, 1.82) is 0 Å². The van der Waals surface area contributed by atoms with Crippen LogP contribution in [0.1, 0.15) is 13.3 Å². The first-order valence-electron chi connectivity index (χ1n) is 4.33. The number of aliphatic hydroxyl groups excluding tert-OH is 1. The molecule has 0 amide bonds. The van der Waals surface area contributed by atoms with Gasteiger partial charge in [-0.1, -0.05) is 19.1 Å². The van der Waals surface area contributed by atoms with Crippen LogP contribution in [0.15, 0.2) is 46.3 Å². The Bertz CT molecular complexity index is 391. The lowest BCUT2D eigenvalue weighted by Crippen LogP contribution is -1.96. The molecule has 0 heterocycles. The Morgan fingerprint density at radius 1 is 1.50 bits per heavy atom. The van der Waals surface area contributed by atoms with E-state index in [4.69, 9.17) is 0 Å². The zero-order valence-corrected chi connectivity index (χ0v) is 6.96. The van der Waals surface area contributed by atoms with Crippen molar-refractivity contribution in [3.63, 3.8) is 0 Å². The van der Waals surface area contributed by atoms with Gasteiger partial charge in [-0.25, -0.2) is 0 Å². The number of hydrogen-bond acceptors (Lipinski definition) is 1. The lowest BCUT2D eigenvalue weighted by atomic mass is 9.97. The summed E-state index contributed by atoms with van der Waals surface area (Å²) in [7, 11) is 0. The minimum atomic E-state index is 0.499. The first-order chi connectivity index (χ1) is 5.77. The highest BCUT2D eigenvalue weighted by Crippen LogP contribution is 2.49. The SMILES string of the molecule is CC1C=CC2=C1C1=C(O)C=C2C1. The van der Waals surface area contributed by atoms with E-state index in [0.717, 1.165) is 12.0 Å². The largest absolute Gasteiger partial charge is 0.508 e. The van der Waals surface area contributed by atoms with Crippen LogP contribution in [0.4, 0.5) is 0 Å². The zero-order chi connectivity index (χ0) is 8.29. The molecule has 0 saturated carbocycles. The van der Waals surface area contributed by atoms with Crippen LogP contribution in [0.25, 0.3) is 0 Å². The van der Waals surface area contributed by atoms with Gasteiger partial charge in [0.05, 0.1) is 0 Å². The van der Waals surface area contributed by atoms with Gasteiger partial charge in [0.25, 0.3) is 0 Å². The Kier molecular flexibility index (Phi) is 0.912. The van der Waals surface area contributed by atoms with Gasteiger partial charge >= 0.3 is 0 Å². The number of allylic oxidation sites excluding steroid dienone is 7. The summed E-state index contributed by atoms with van der Waals surface area (Å²) < 4.78 is 0. The molecule has 0 saturated heterocycles. The van der Waals surface area contributed by atoms with Crippen LogP contribution in [-0.2, 0) is 0 Å². The Labute approximate surface area is 71.4 Å². The fraction of sp³-hybridized carbons (Fsp3) is 0.273. The van der Waals surface area contributed by atoms with E-state index in [1.54, 1.807) is 0 Å². The fourth-order valence-corrected chi connectivity index (χ4v) is 2.38. The van der Waals surface area contributed by atoms with Crippen LogP contribution >= 0.6 is 0 Å². The molecule has 0 aromatic heterocycles. The van der Waals surface area contributed by atoms with Crippen LogP contribution in [0.3, 0.4) is 0 Å². The number of fused-ring (bicyclic) bond motifs is 4. The van der Waals surface area contributed by atoms with Gasteiger partial charge in [-0.05, 0) is 22.8 Å². The summed E-state index contributed by atoms with van der Waals surface area (Å²) in [4.78, 5) is 0. The lowest BCUT2D eigenvalue weighted by Gasteiger charge is -2.08. The zero-order valence-electron chi connectivity index (χ0n) is 6.96. The predicted octanol–water partition coefficient (Wildman–Crippen LogP) is 2.64. The summed E-state index contributed by atoms with van der Waals surface area (Å²) in [6.45, 7) is 2.18. The van der Waals surface area contributed by atoms with Gasteiger partial charge in [0.15, 0.2) is 0 Å². The van der Waals surface area contributed by atoms with Crippen LogP contribution in [0.5, 0.6) is 0 Å². The molecule has 1 heteroatoms. The second-order valence-corrected chi connectivity index (χ2v) is 3.69. The van der Waals surface area contributed by atoms with Gasteiger partial charge in [0.1, 0.15) is 5.76 Å². The summed E-state index contributed by atoms with van der Waals surface area (Å²) in [6.07, 6.45) is 7.25. The molecule has 0 spiro atoms. The quantitative estimate of drug-likeness (QED) is 0.574. The van der Waals surface area contributed by atoms with Crippen LogP contribution < -0.4 is 0 Å². The molecule has 12 heavy (non-hydrogen) atoms. The predicted molar refractivity (Wildman–Crippen MR) is 47.7 cm³/mol. The summed E-state index contributed by atoms with van der Waals surface area (Å²) in [5.74, 6) is 1.00. The van der Waals surface area contributed by atoms with Gasteiger partial charge in [0, 0.05) is 17.9 Å². The van der Waals surface area contributed by atoms with Crippen LogP contribution in [0, 0.1) is 5.92 Å². The molecule has 1 nitrogen and oxygen atoms in total. The Morgan fingerprint density at radius 3 is 3.17 bits per heavy atom. The molecule has 1 unspecified atom stereocenters. The fourth-order valence-electron chi connectivity index (χ4n) is 2.38. The average Bonchev–Trinajstić information content (AvgIpc) is 2.62. The highest BCUT2D eigenvalue weighted by atomic mass is 16.3. The van der Waals surface area contributed by atoms with Crippen molar-refractivity contribution in [3.05, 3.63) is 46.3 Å². The van der Waals surface area contributed by atoms with Crippen molar-refractivity contribution in [3.8, 4) is 0 Å². The summed E-state index contributed by atoms with van der Waals surface area (Å²) in [6, 6.07) is 0. The second-order valence-electron chi connectivity index (χ2n) is 3.69. The van der Waals surface area contributed by atoms with Crippen molar-refractivity contribution in [2.24, 2.45) is 5.92 Å². The number of hydrogen-bond donors (Lipinski definition) is 1. The molecule has 60 valence electrons. The van der Waals surface area contributed by atoms with Gasteiger partial charge in [-0.3, -0.25) is 0 Å². The smallest absolute Gasteiger partial charge is 0.119 e. The molecule has 1 atom stereocenters. The van der Waals surface area contributed by atoms with Gasteiger partial charge in [0.2, 0.25) is 0 Å². The highest BCUT2D eigenvalue weighted by Gasteiger charge is 2.34. The van der Waals surface area contributed by atoms with E-state index in [2.05, 4.69) is 19.1 Å². The summed E-state index contributed by atoms with van der Waals surface area (Å²) in [5.41, 5.74) is 5.20. The highest BCUT2D eigenvalue weighted by molar-refractivity contribution is 5.69. The van der Waals surface area contributed by atoms with Crippen molar-refractivity contribution >= 4 is 0 Å². The molecule has 0 aromatic carbocycles. The molecule has 0 fully saturated rings. The van der Waals surface area contributed by atoms with Crippen molar-refractivity contribution < 1.29 is 5.11 Å². The average molecular weight is 158 g/mol. The normalized spacial score (nSPS) is 30.4. The summed E-state index contributed by atoms with van der Waals surface area (Å²) >= 11 is 0. The molecule has 3 rings (SSSR count).